The molecule has 4 heteroatoms. The van der Waals surface area contributed by atoms with Gasteiger partial charge in [0, 0.05) is 18.5 Å². The molecule has 0 saturated carbocycles. The average Bonchev–Trinajstić information content (AvgIpc) is 2.69. The summed E-state index contributed by atoms with van der Waals surface area (Å²) in [5.74, 6) is 0.242. The molecule has 3 nitrogen and oxygen atoms in total. The summed E-state index contributed by atoms with van der Waals surface area (Å²) < 4.78 is 0. The first-order valence-electron chi connectivity index (χ1n) is 9.18. The van der Waals surface area contributed by atoms with Crippen molar-refractivity contribution in [2.24, 2.45) is 0 Å². The molecule has 1 aliphatic rings. The van der Waals surface area contributed by atoms with Crippen molar-refractivity contribution in [3.8, 4) is 0 Å². The van der Waals surface area contributed by atoms with Crippen LogP contribution in [0.15, 0.2) is 59.5 Å². The first-order chi connectivity index (χ1) is 12.5. The van der Waals surface area contributed by atoms with Gasteiger partial charge < -0.3 is 9.80 Å². The van der Waals surface area contributed by atoms with Crippen molar-refractivity contribution in [3.05, 3.63) is 65.7 Å². The number of carbonyl (C=O) groups excluding carboxylic acids is 1. The Labute approximate surface area is 161 Å². The molecule has 1 fully saturated rings. The summed E-state index contributed by atoms with van der Waals surface area (Å²) in [6.45, 7) is 2.56. The first kappa shape index (κ1) is 19.0. The Morgan fingerprint density at radius 1 is 1.12 bits per heavy atom. The van der Waals surface area contributed by atoms with Gasteiger partial charge in [0.2, 0.25) is 5.91 Å². The second kappa shape index (κ2) is 8.28. The van der Waals surface area contributed by atoms with Crippen LogP contribution < -0.4 is 0 Å². The van der Waals surface area contributed by atoms with E-state index < -0.39 is 5.41 Å². The van der Waals surface area contributed by atoms with Crippen molar-refractivity contribution in [1.82, 2.24) is 9.80 Å². The number of hydrogen-bond donors (Lipinski definition) is 0. The minimum absolute atomic E-state index is 0.242. The van der Waals surface area contributed by atoms with E-state index in [9.17, 15) is 4.79 Å². The van der Waals surface area contributed by atoms with E-state index in [0.29, 0.717) is 6.54 Å². The molecular formula is C22H28N2OS. The van der Waals surface area contributed by atoms with Gasteiger partial charge in [0.05, 0.1) is 5.41 Å². The molecule has 26 heavy (non-hydrogen) atoms. The maximum absolute atomic E-state index is 13.6. The predicted molar refractivity (Wildman–Crippen MR) is 110 cm³/mol. The highest BCUT2D eigenvalue weighted by molar-refractivity contribution is 7.98. The SMILES string of the molecule is CSc1cccc(CN(C)C(=O)C2(c3ccccc3)CCN(C)CC2)c1. The molecule has 0 spiro atoms. The van der Waals surface area contributed by atoms with E-state index in [2.05, 4.69) is 54.6 Å². The molecule has 1 heterocycles. The molecule has 0 unspecified atom stereocenters. The van der Waals surface area contributed by atoms with E-state index in [1.54, 1.807) is 11.8 Å². The monoisotopic (exact) mass is 368 g/mol. The van der Waals surface area contributed by atoms with Crippen LogP contribution in [0.5, 0.6) is 0 Å². The number of benzene rings is 2. The lowest BCUT2D eigenvalue weighted by atomic mass is 9.71. The van der Waals surface area contributed by atoms with Crippen LogP contribution in [0.1, 0.15) is 24.0 Å². The normalized spacial score (nSPS) is 17.0. The zero-order chi connectivity index (χ0) is 18.6. The molecule has 1 amide bonds. The lowest BCUT2D eigenvalue weighted by molar-refractivity contribution is -0.138. The smallest absolute Gasteiger partial charge is 0.233 e. The molecule has 2 aromatic carbocycles. The number of hydrogen-bond acceptors (Lipinski definition) is 3. The van der Waals surface area contributed by atoms with Crippen LogP contribution in [0.25, 0.3) is 0 Å². The molecule has 1 saturated heterocycles. The molecular weight excluding hydrogens is 340 g/mol. The lowest BCUT2D eigenvalue weighted by Crippen LogP contribution is -2.51. The fourth-order valence-electron chi connectivity index (χ4n) is 3.87. The maximum Gasteiger partial charge on any atom is 0.233 e. The third-order valence-electron chi connectivity index (χ3n) is 5.48. The zero-order valence-electron chi connectivity index (χ0n) is 15.9. The van der Waals surface area contributed by atoms with Crippen molar-refractivity contribution >= 4 is 17.7 Å². The van der Waals surface area contributed by atoms with Gasteiger partial charge in [-0.3, -0.25) is 4.79 Å². The van der Waals surface area contributed by atoms with E-state index in [0.717, 1.165) is 31.5 Å². The Hall–Kier alpha value is -1.78. The molecule has 2 aromatic rings. The third-order valence-corrected chi connectivity index (χ3v) is 6.20. The minimum Gasteiger partial charge on any atom is -0.341 e. The van der Waals surface area contributed by atoms with E-state index in [1.165, 1.54) is 10.5 Å². The van der Waals surface area contributed by atoms with Gasteiger partial charge in [-0.1, -0.05) is 42.5 Å². The Kier molecular flexibility index (Phi) is 6.05. The van der Waals surface area contributed by atoms with Gasteiger partial charge in [0.25, 0.3) is 0 Å². The number of nitrogens with zero attached hydrogens (tertiary/aromatic N) is 2. The molecule has 3 rings (SSSR count). The Morgan fingerprint density at radius 2 is 1.81 bits per heavy atom. The van der Waals surface area contributed by atoms with Crippen LogP contribution in [0.4, 0.5) is 0 Å². The molecule has 0 atom stereocenters. The summed E-state index contributed by atoms with van der Waals surface area (Å²) in [6.07, 6.45) is 3.83. The molecule has 138 valence electrons. The minimum atomic E-state index is -0.403. The summed E-state index contributed by atoms with van der Waals surface area (Å²) in [6, 6.07) is 18.8. The fourth-order valence-corrected chi connectivity index (χ4v) is 4.35. The van der Waals surface area contributed by atoms with Crippen molar-refractivity contribution in [2.45, 2.75) is 29.7 Å². The van der Waals surface area contributed by atoms with Crippen LogP contribution in [0.3, 0.4) is 0 Å². The largest absolute Gasteiger partial charge is 0.341 e. The van der Waals surface area contributed by atoms with E-state index in [1.807, 2.05) is 30.1 Å². The Bertz CT molecular complexity index is 739. The van der Waals surface area contributed by atoms with Crippen LogP contribution in [-0.4, -0.2) is 49.1 Å². The standard InChI is InChI=1S/C22H28N2OS/c1-23-14-12-22(13-15-23,19-9-5-4-6-10-19)21(25)24(2)17-18-8-7-11-20(16-18)26-3/h4-11,16H,12-15,17H2,1-3H3. The van der Waals surface area contributed by atoms with Gasteiger partial charge in [0.1, 0.15) is 0 Å². The van der Waals surface area contributed by atoms with Crippen LogP contribution in [0.2, 0.25) is 0 Å². The number of likely N-dealkylation sites (tertiary alicyclic amines) is 1. The number of piperidine rings is 1. The van der Waals surface area contributed by atoms with E-state index >= 15 is 0 Å². The quantitative estimate of drug-likeness (QED) is 0.745. The van der Waals surface area contributed by atoms with Crippen molar-refractivity contribution < 1.29 is 4.79 Å². The third kappa shape index (κ3) is 3.97. The fraction of sp³-hybridized carbons (Fsp3) is 0.409. The van der Waals surface area contributed by atoms with E-state index in [-0.39, 0.29) is 5.91 Å². The van der Waals surface area contributed by atoms with Gasteiger partial charge in [-0.15, -0.1) is 11.8 Å². The summed E-state index contributed by atoms with van der Waals surface area (Å²) in [5, 5.41) is 0. The van der Waals surface area contributed by atoms with Crippen molar-refractivity contribution in [2.75, 3.05) is 33.4 Å². The highest BCUT2D eigenvalue weighted by Gasteiger charge is 2.43. The number of thioether (sulfide) groups is 1. The van der Waals surface area contributed by atoms with Gasteiger partial charge in [0.15, 0.2) is 0 Å². The van der Waals surface area contributed by atoms with Crippen LogP contribution in [-0.2, 0) is 16.8 Å². The van der Waals surface area contributed by atoms with Gasteiger partial charge in [-0.2, -0.15) is 0 Å². The van der Waals surface area contributed by atoms with Gasteiger partial charge in [-0.25, -0.2) is 0 Å². The molecule has 0 aromatic heterocycles. The van der Waals surface area contributed by atoms with Crippen LogP contribution in [0, 0.1) is 0 Å². The number of rotatable bonds is 5. The van der Waals surface area contributed by atoms with E-state index in [4.69, 9.17) is 0 Å². The summed E-state index contributed by atoms with van der Waals surface area (Å²) in [7, 11) is 4.08. The summed E-state index contributed by atoms with van der Waals surface area (Å²) >= 11 is 1.73. The summed E-state index contributed by atoms with van der Waals surface area (Å²) in [4.78, 5) is 19.1. The highest BCUT2D eigenvalue weighted by atomic mass is 32.2. The second-order valence-electron chi connectivity index (χ2n) is 7.26. The summed E-state index contributed by atoms with van der Waals surface area (Å²) in [5.41, 5.74) is 1.94. The maximum atomic E-state index is 13.6. The average molecular weight is 369 g/mol. The Morgan fingerprint density at radius 3 is 2.46 bits per heavy atom. The topological polar surface area (TPSA) is 23.6 Å². The Balaban J connectivity index is 1.85. The number of amides is 1. The van der Waals surface area contributed by atoms with Gasteiger partial charge >= 0.3 is 0 Å². The predicted octanol–water partition coefficient (Wildman–Crippen LogP) is 4.03. The molecule has 0 N–H and O–H groups in total. The number of likely N-dealkylation sites (N-methyl/N-ethyl adjacent to an activating group) is 1. The van der Waals surface area contributed by atoms with Crippen LogP contribution >= 0.6 is 11.8 Å². The lowest BCUT2D eigenvalue weighted by Gasteiger charge is -2.42. The molecule has 1 aliphatic heterocycles. The van der Waals surface area contributed by atoms with Gasteiger partial charge in [-0.05, 0) is 62.5 Å². The zero-order valence-corrected chi connectivity index (χ0v) is 16.8. The molecule has 0 aliphatic carbocycles. The van der Waals surface area contributed by atoms with Crippen molar-refractivity contribution in [1.29, 1.82) is 0 Å². The second-order valence-corrected chi connectivity index (χ2v) is 8.14. The highest BCUT2D eigenvalue weighted by Crippen LogP contribution is 2.37. The van der Waals surface area contributed by atoms with Crippen molar-refractivity contribution in [3.63, 3.8) is 0 Å². The first-order valence-corrected chi connectivity index (χ1v) is 10.4. The molecule has 0 bridgehead atoms. The molecule has 0 radical (unpaired) electrons. The number of carbonyl (C=O) groups is 1.